The fraction of sp³-hybridized carbons (Fsp3) is 0.507. The Kier molecular flexibility index (Phi) is 24.4. The number of nitrogens with zero attached hydrogens (tertiary/aromatic N) is 7. The number of ketones is 1. The summed E-state index contributed by atoms with van der Waals surface area (Å²) in [6.45, 7) is 3.21. The molecule has 3 aliphatic rings. The van der Waals surface area contributed by atoms with Crippen molar-refractivity contribution in [1.82, 2.24) is 40.4 Å². The Balaban J connectivity index is 1.25. The summed E-state index contributed by atoms with van der Waals surface area (Å²) in [7, 11) is -3.96. The number of carbonyl (C=O) groups excluding carboxylic acids is 5. The van der Waals surface area contributed by atoms with E-state index in [1.165, 1.54) is 45.0 Å². The number of hydrogen-bond donors (Lipinski definition) is 5. The number of alkyl carbamates (subject to hydrolysis) is 1. The van der Waals surface area contributed by atoms with Gasteiger partial charge in [0.25, 0.3) is 0 Å². The van der Waals surface area contributed by atoms with Crippen LogP contribution >= 0.6 is 7.82 Å². The molecule has 5 heterocycles. The van der Waals surface area contributed by atoms with Crippen LogP contribution in [0.1, 0.15) is 124 Å². The molecule has 0 aliphatic carbocycles. The van der Waals surface area contributed by atoms with Crippen molar-refractivity contribution in [2.45, 2.75) is 148 Å². The number of fused-ring (bicyclic) bond motifs is 2. The summed E-state index contributed by atoms with van der Waals surface area (Å²) < 4.78 is 190. The van der Waals surface area contributed by atoms with Crippen LogP contribution in [0.15, 0.2) is 73.2 Å². The average molecular weight is 1470 g/mol. The quantitative estimate of drug-likeness (QED) is 0.00776. The number of esters is 2. The van der Waals surface area contributed by atoms with Crippen molar-refractivity contribution in [2.75, 3.05) is 52.0 Å². The van der Waals surface area contributed by atoms with Crippen LogP contribution in [0.25, 0.3) is 11.3 Å². The standard InChI is InChI=1S/C67H76F10N9O15P/c1-36-20-42(59(91)92)25-52(101-102(94,95)96)56(36)63(2,3)27-55(89)100-53(33-84(82-58(90)47(26-54(88)97-8)64(4,5)66(72,73)74)32-46-48(68)22-40(23-49(46)69)50-18-19-85(81-50)60(70)71)41(24-51(87)57(80-62(93)98-9)65(6,7)67(75,76)77)21-38-13-10-37(11-14-38)12-15-39-28-78-61(79-29-39)83-30-43-16-17-44(31-83)86(43)45-34-99-35-45/h10-11,13-14,18-20,22-23,25,28-29,41,43-45,47,53,57,60H,16-17,21,24,26-27,30-35H2,1-9H3,(H,80,93)(H,82,90)(H,91,92)(H2,94,95,96)/t41-,43?,44?,47-,53+,57-/m1/s1. The van der Waals surface area contributed by atoms with E-state index in [1.54, 1.807) is 12.4 Å². The van der Waals surface area contributed by atoms with Crippen LogP contribution < -0.4 is 20.2 Å². The molecule has 3 aromatic carbocycles. The number of carbonyl (C=O) groups is 6. The molecule has 2 bridgehead atoms. The van der Waals surface area contributed by atoms with Crippen LogP contribution in [0.5, 0.6) is 5.75 Å². The second-order valence-corrected chi connectivity index (χ2v) is 28.2. The summed E-state index contributed by atoms with van der Waals surface area (Å²) in [6, 6.07) is 8.34. The number of anilines is 1. The molecule has 2 unspecified atom stereocenters. The Labute approximate surface area is 578 Å². The van der Waals surface area contributed by atoms with Gasteiger partial charge in [-0.1, -0.05) is 51.7 Å². The zero-order chi connectivity index (χ0) is 75.4. The number of aromatic carboxylic acids is 1. The molecule has 24 nitrogen and oxygen atoms in total. The van der Waals surface area contributed by atoms with Gasteiger partial charge < -0.3 is 38.8 Å². The molecule has 3 fully saturated rings. The maximum atomic E-state index is 16.7. The first-order valence-corrected chi connectivity index (χ1v) is 33.3. The number of carboxylic acids is 1. The predicted molar refractivity (Wildman–Crippen MR) is 342 cm³/mol. The lowest BCUT2D eigenvalue weighted by atomic mass is 9.75. The van der Waals surface area contributed by atoms with E-state index in [0.717, 1.165) is 64.5 Å². The van der Waals surface area contributed by atoms with E-state index in [4.69, 9.17) is 14.0 Å². The number of phosphoric ester groups is 1. The largest absolute Gasteiger partial charge is 0.524 e. The molecule has 35 heteroatoms. The molecule has 2 aromatic heterocycles. The van der Waals surface area contributed by atoms with Crippen molar-refractivity contribution >= 4 is 49.5 Å². The fourth-order valence-corrected chi connectivity index (χ4v) is 13.2. The number of benzene rings is 3. The first kappa shape index (κ1) is 79.0. The fourth-order valence-electron chi connectivity index (χ4n) is 12.8. The van der Waals surface area contributed by atoms with E-state index in [-0.39, 0.29) is 27.1 Å². The number of piperazine rings is 1. The molecule has 0 radical (unpaired) electrons. The summed E-state index contributed by atoms with van der Waals surface area (Å²) in [6.07, 6.45) is -12.4. The van der Waals surface area contributed by atoms with Gasteiger partial charge in [-0.05, 0) is 93.6 Å². The van der Waals surface area contributed by atoms with Crippen LogP contribution in [0.2, 0.25) is 0 Å². The van der Waals surface area contributed by atoms with Crippen molar-refractivity contribution in [3.8, 4) is 28.8 Å². The Morgan fingerprint density at radius 1 is 0.794 bits per heavy atom. The smallest absolute Gasteiger partial charge is 0.478 e. The number of rotatable bonds is 28. The van der Waals surface area contributed by atoms with Gasteiger partial charge in [0.2, 0.25) is 11.9 Å². The summed E-state index contributed by atoms with van der Waals surface area (Å²) in [5.74, 6) is -9.05. The van der Waals surface area contributed by atoms with Gasteiger partial charge >= 0.3 is 50.7 Å². The number of amides is 2. The third-order valence-corrected chi connectivity index (χ3v) is 19.0. The van der Waals surface area contributed by atoms with Crippen LogP contribution in [-0.4, -0.2) is 170 Å². The highest BCUT2D eigenvalue weighted by molar-refractivity contribution is 7.46. The summed E-state index contributed by atoms with van der Waals surface area (Å²) in [5, 5.41) is 15.9. The van der Waals surface area contributed by atoms with Crippen molar-refractivity contribution in [2.24, 2.45) is 22.7 Å². The lowest BCUT2D eigenvalue weighted by Crippen LogP contribution is -2.62. The Morgan fingerprint density at radius 3 is 1.91 bits per heavy atom. The van der Waals surface area contributed by atoms with E-state index in [1.807, 2.05) is 5.32 Å². The van der Waals surface area contributed by atoms with E-state index in [9.17, 15) is 47.4 Å². The number of aromatic nitrogens is 4. The molecular formula is C67H76F10N9O15P. The molecule has 102 heavy (non-hydrogen) atoms. The molecular weight excluding hydrogens is 1390 g/mol. The molecule has 3 saturated heterocycles. The third-order valence-electron chi connectivity index (χ3n) is 18.6. The first-order valence-electron chi connectivity index (χ1n) is 31.8. The average Bonchev–Trinajstić information content (AvgIpc) is 1.55. The van der Waals surface area contributed by atoms with Gasteiger partial charge in [0.05, 0.1) is 86.4 Å². The van der Waals surface area contributed by atoms with Gasteiger partial charge in [-0.15, -0.1) is 0 Å². The predicted octanol–water partition coefficient (Wildman–Crippen LogP) is 9.96. The van der Waals surface area contributed by atoms with Crippen molar-refractivity contribution < 1.29 is 116 Å². The van der Waals surface area contributed by atoms with Crippen LogP contribution in [0, 0.1) is 53.1 Å². The minimum absolute atomic E-state index is 0.0341. The zero-order valence-corrected chi connectivity index (χ0v) is 57.5. The van der Waals surface area contributed by atoms with Gasteiger partial charge in [0.1, 0.15) is 29.5 Å². The lowest BCUT2D eigenvalue weighted by Gasteiger charge is -2.47. The highest BCUT2D eigenvalue weighted by Gasteiger charge is 2.57. The molecule has 6 atom stereocenters. The second-order valence-electron chi connectivity index (χ2n) is 27.0. The van der Waals surface area contributed by atoms with E-state index < -0.39 is 175 Å². The maximum Gasteiger partial charge on any atom is 0.524 e. The zero-order valence-electron chi connectivity index (χ0n) is 56.6. The number of hydrogen-bond acceptors (Lipinski definition) is 18. The molecule has 0 saturated carbocycles. The SMILES string of the molecule is COC(=O)C[C@H](C(=O)NN(Cc1c(F)cc(-c2ccn(C(F)F)n2)cc1F)C[C@H](OC(=O)CC(C)(C)c1c(C)cc(C(=O)O)cc1OP(=O)(O)O)[C@@H](CC(=O)[C@@H](NC(=O)OC)C(C)(C)C(F)(F)F)Cc1ccc(C#Cc2cnc(N3CC4CCC(C3)N4C3COC3)nc2)cc1)C(C)(C)C(F)(F)F. The molecule has 8 rings (SSSR count). The molecule has 5 N–H and O–H groups in total. The number of Topliss-reactive ketones (excluding diaryl/α,β-unsaturated/α-hetero) is 1. The number of carboxylic acid groups (broad SMARTS) is 1. The molecule has 0 spiro atoms. The second kappa shape index (κ2) is 31.5. The topological polar surface area (TPSA) is 304 Å². The van der Waals surface area contributed by atoms with E-state index in [2.05, 4.69) is 51.6 Å². The Hall–Kier alpha value is -8.74. The van der Waals surface area contributed by atoms with E-state index >= 15 is 44.7 Å². The van der Waals surface area contributed by atoms with Gasteiger partial charge in [-0.3, -0.25) is 39.3 Å². The molecule has 5 aromatic rings. The van der Waals surface area contributed by atoms with Crippen LogP contribution in [-0.2, 0) is 61.1 Å². The number of nitrogens with one attached hydrogen (secondary N) is 2. The van der Waals surface area contributed by atoms with E-state index in [0.29, 0.717) is 93.3 Å². The van der Waals surface area contributed by atoms with Crippen molar-refractivity contribution in [3.63, 3.8) is 0 Å². The first-order chi connectivity index (χ1) is 47.5. The molecule has 3 aliphatic heterocycles. The van der Waals surface area contributed by atoms with Gasteiger partial charge in [0.15, 0.2) is 5.78 Å². The minimum atomic E-state index is -5.54. The summed E-state index contributed by atoms with van der Waals surface area (Å²) >= 11 is 0. The summed E-state index contributed by atoms with van der Waals surface area (Å²) in [5.41, 5.74) is -7.68. The minimum Gasteiger partial charge on any atom is -0.478 e. The number of ether oxygens (including phenoxy) is 4. The number of hydrazine groups is 1. The number of alkyl halides is 8. The Morgan fingerprint density at radius 2 is 1.39 bits per heavy atom. The third kappa shape index (κ3) is 18.9. The highest BCUT2D eigenvalue weighted by Crippen LogP contribution is 2.48. The number of aryl methyl sites for hydroxylation is 1. The maximum absolute atomic E-state index is 16.7. The number of phosphoric acid groups is 1. The highest BCUT2D eigenvalue weighted by atomic mass is 31.2. The summed E-state index contributed by atoms with van der Waals surface area (Å²) in [4.78, 5) is 117. The lowest BCUT2D eigenvalue weighted by molar-refractivity contribution is -0.231. The molecule has 2 amide bonds. The van der Waals surface area contributed by atoms with Gasteiger partial charge in [0, 0.05) is 90.3 Å². The van der Waals surface area contributed by atoms with Crippen LogP contribution in [0.3, 0.4) is 0 Å². The normalized spacial score (nSPS) is 17.4. The van der Waals surface area contributed by atoms with Crippen molar-refractivity contribution in [3.05, 3.63) is 124 Å². The Bertz CT molecular complexity index is 3990. The van der Waals surface area contributed by atoms with Gasteiger partial charge in [-0.25, -0.2) is 42.6 Å². The number of methoxy groups -OCH3 is 2. The van der Waals surface area contributed by atoms with Crippen molar-refractivity contribution in [1.29, 1.82) is 0 Å². The van der Waals surface area contributed by atoms with Crippen LogP contribution in [0.4, 0.5) is 54.6 Å². The number of halogens is 10. The monoisotopic (exact) mass is 1470 g/mol. The molecule has 554 valence electrons. The van der Waals surface area contributed by atoms with Gasteiger partial charge in [-0.2, -0.15) is 40.2 Å².